The molecule has 0 aliphatic heterocycles. The molecule has 0 atom stereocenters. The summed E-state index contributed by atoms with van der Waals surface area (Å²) in [5.74, 6) is 0.635. The van der Waals surface area contributed by atoms with Gasteiger partial charge < -0.3 is 9.47 Å². The van der Waals surface area contributed by atoms with E-state index in [0.29, 0.717) is 33.7 Å². The predicted molar refractivity (Wildman–Crippen MR) is 85.1 cm³/mol. The Morgan fingerprint density at radius 2 is 1.78 bits per heavy atom. The molecule has 1 heterocycles. The van der Waals surface area contributed by atoms with Crippen LogP contribution in [0.1, 0.15) is 5.56 Å². The summed E-state index contributed by atoms with van der Waals surface area (Å²) in [6.07, 6.45) is 1.42. The Morgan fingerprint density at radius 1 is 1.09 bits per heavy atom. The summed E-state index contributed by atoms with van der Waals surface area (Å²) in [6, 6.07) is 7.71. The van der Waals surface area contributed by atoms with Gasteiger partial charge in [0.05, 0.1) is 30.8 Å². The van der Waals surface area contributed by atoms with Gasteiger partial charge in [-0.3, -0.25) is 9.36 Å². The van der Waals surface area contributed by atoms with Crippen LogP contribution in [0.2, 0.25) is 0 Å². The molecule has 0 saturated carbocycles. The van der Waals surface area contributed by atoms with E-state index in [0.717, 1.165) is 0 Å². The number of benzene rings is 2. The molecular weight excluding hydrogens is 299 g/mol. The molecule has 0 bridgehead atoms. The first kappa shape index (κ1) is 15.0. The molecule has 0 N–H and O–H groups in total. The van der Waals surface area contributed by atoms with Gasteiger partial charge in [-0.1, -0.05) is 0 Å². The first-order valence-electron chi connectivity index (χ1n) is 6.95. The lowest BCUT2D eigenvalue weighted by atomic mass is 10.2. The van der Waals surface area contributed by atoms with Crippen LogP contribution in [0, 0.1) is 12.7 Å². The van der Waals surface area contributed by atoms with Gasteiger partial charge in [0, 0.05) is 6.07 Å². The van der Waals surface area contributed by atoms with Crippen molar-refractivity contribution in [2.24, 2.45) is 0 Å². The normalized spacial score (nSPS) is 10.8. The summed E-state index contributed by atoms with van der Waals surface area (Å²) in [5, 5.41) is 0.395. The highest BCUT2D eigenvalue weighted by Gasteiger charge is 2.12. The number of hydrogen-bond acceptors (Lipinski definition) is 4. The maximum Gasteiger partial charge on any atom is 0.265 e. The largest absolute Gasteiger partial charge is 0.493 e. The Kier molecular flexibility index (Phi) is 3.73. The molecule has 3 rings (SSSR count). The third-order valence-electron chi connectivity index (χ3n) is 3.68. The van der Waals surface area contributed by atoms with Crippen LogP contribution in [0.4, 0.5) is 4.39 Å². The van der Waals surface area contributed by atoms with Gasteiger partial charge in [-0.05, 0) is 36.8 Å². The molecule has 0 fully saturated rings. The maximum absolute atomic E-state index is 13.4. The summed E-state index contributed by atoms with van der Waals surface area (Å²) in [5.41, 5.74) is 1.25. The van der Waals surface area contributed by atoms with Gasteiger partial charge in [0.2, 0.25) is 0 Å². The van der Waals surface area contributed by atoms with Crippen molar-refractivity contribution in [2.45, 2.75) is 6.92 Å². The minimum absolute atomic E-state index is 0.262. The van der Waals surface area contributed by atoms with Crippen molar-refractivity contribution in [3.05, 3.63) is 58.4 Å². The summed E-state index contributed by atoms with van der Waals surface area (Å²) in [6.45, 7) is 1.65. The Labute approximate surface area is 131 Å². The standard InChI is InChI=1S/C17H15FN2O3/c1-10-6-11(4-5-13(10)18)20-9-19-14-8-16(23-3)15(22-2)7-12(14)17(20)21/h4-9H,1-3H3. The van der Waals surface area contributed by atoms with E-state index in [1.807, 2.05) is 0 Å². The summed E-state index contributed by atoms with van der Waals surface area (Å²) in [4.78, 5) is 17.0. The fraction of sp³-hybridized carbons (Fsp3) is 0.176. The minimum Gasteiger partial charge on any atom is -0.493 e. The van der Waals surface area contributed by atoms with Crippen molar-refractivity contribution in [1.29, 1.82) is 0 Å². The monoisotopic (exact) mass is 314 g/mol. The zero-order valence-corrected chi connectivity index (χ0v) is 13.0. The number of methoxy groups -OCH3 is 2. The average Bonchev–Trinajstić information content (AvgIpc) is 2.57. The van der Waals surface area contributed by atoms with Gasteiger partial charge in [0.15, 0.2) is 11.5 Å². The van der Waals surface area contributed by atoms with Gasteiger partial charge in [-0.2, -0.15) is 0 Å². The SMILES string of the molecule is COc1cc2ncn(-c3ccc(F)c(C)c3)c(=O)c2cc1OC. The van der Waals surface area contributed by atoms with Crippen molar-refractivity contribution < 1.29 is 13.9 Å². The number of aromatic nitrogens is 2. The number of halogens is 1. The lowest BCUT2D eigenvalue weighted by molar-refractivity contribution is 0.355. The summed E-state index contributed by atoms with van der Waals surface area (Å²) in [7, 11) is 3.02. The molecular formula is C17H15FN2O3. The zero-order valence-electron chi connectivity index (χ0n) is 13.0. The zero-order chi connectivity index (χ0) is 16.6. The third kappa shape index (κ3) is 2.52. The summed E-state index contributed by atoms with van der Waals surface area (Å²) < 4.78 is 25.2. The molecule has 0 saturated heterocycles. The van der Waals surface area contributed by atoms with Gasteiger partial charge in [0.25, 0.3) is 5.56 Å². The molecule has 1 aromatic heterocycles. The van der Waals surface area contributed by atoms with Crippen LogP contribution in [-0.4, -0.2) is 23.8 Å². The molecule has 0 aliphatic rings. The number of nitrogens with zero attached hydrogens (tertiary/aromatic N) is 2. The topological polar surface area (TPSA) is 53.4 Å². The van der Waals surface area contributed by atoms with Crippen LogP contribution in [-0.2, 0) is 0 Å². The summed E-state index contributed by atoms with van der Waals surface area (Å²) >= 11 is 0. The molecule has 0 spiro atoms. The van der Waals surface area contributed by atoms with E-state index >= 15 is 0 Å². The van der Waals surface area contributed by atoms with E-state index in [1.165, 1.54) is 37.2 Å². The highest BCUT2D eigenvalue weighted by atomic mass is 19.1. The molecule has 3 aromatic rings. The van der Waals surface area contributed by atoms with Crippen molar-refractivity contribution in [2.75, 3.05) is 14.2 Å². The first-order valence-corrected chi connectivity index (χ1v) is 6.95. The van der Waals surface area contributed by atoms with Gasteiger partial charge >= 0.3 is 0 Å². The van der Waals surface area contributed by atoms with E-state index in [-0.39, 0.29) is 11.4 Å². The van der Waals surface area contributed by atoms with Crippen LogP contribution in [0.15, 0.2) is 41.5 Å². The van der Waals surface area contributed by atoms with E-state index < -0.39 is 0 Å². The van der Waals surface area contributed by atoms with Gasteiger partial charge in [0.1, 0.15) is 12.1 Å². The highest BCUT2D eigenvalue weighted by Crippen LogP contribution is 2.30. The van der Waals surface area contributed by atoms with Crippen LogP contribution in [0.3, 0.4) is 0 Å². The number of ether oxygens (including phenoxy) is 2. The fourth-order valence-electron chi connectivity index (χ4n) is 2.41. The van der Waals surface area contributed by atoms with E-state index in [4.69, 9.17) is 9.47 Å². The smallest absolute Gasteiger partial charge is 0.265 e. The lowest BCUT2D eigenvalue weighted by Gasteiger charge is -2.11. The van der Waals surface area contributed by atoms with Crippen LogP contribution in [0.5, 0.6) is 11.5 Å². The van der Waals surface area contributed by atoms with E-state index in [9.17, 15) is 9.18 Å². The van der Waals surface area contributed by atoms with Crippen LogP contribution in [0.25, 0.3) is 16.6 Å². The molecule has 0 radical (unpaired) electrons. The van der Waals surface area contributed by atoms with Crippen molar-refractivity contribution >= 4 is 10.9 Å². The Hall–Kier alpha value is -2.89. The van der Waals surface area contributed by atoms with Crippen molar-refractivity contribution in [3.63, 3.8) is 0 Å². The van der Waals surface area contributed by atoms with Gasteiger partial charge in [-0.15, -0.1) is 0 Å². The first-order chi connectivity index (χ1) is 11.0. The quantitative estimate of drug-likeness (QED) is 0.746. The maximum atomic E-state index is 13.4. The molecule has 2 aromatic carbocycles. The molecule has 118 valence electrons. The molecule has 0 unspecified atom stereocenters. The molecule has 23 heavy (non-hydrogen) atoms. The molecule has 5 nitrogen and oxygen atoms in total. The second-order valence-electron chi connectivity index (χ2n) is 5.08. The Morgan fingerprint density at radius 3 is 2.43 bits per heavy atom. The average molecular weight is 314 g/mol. The van der Waals surface area contributed by atoms with Crippen molar-refractivity contribution in [3.8, 4) is 17.2 Å². The number of rotatable bonds is 3. The van der Waals surface area contributed by atoms with Crippen molar-refractivity contribution in [1.82, 2.24) is 9.55 Å². The van der Waals surface area contributed by atoms with Crippen LogP contribution < -0.4 is 15.0 Å². The minimum atomic E-state index is -0.318. The van der Waals surface area contributed by atoms with Gasteiger partial charge in [-0.25, -0.2) is 9.37 Å². The highest BCUT2D eigenvalue weighted by molar-refractivity contribution is 5.82. The van der Waals surface area contributed by atoms with E-state index in [1.54, 1.807) is 25.1 Å². The second-order valence-corrected chi connectivity index (χ2v) is 5.08. The number of aryl methyl sites for hydroxylation is 1. The fourth-order valence-corrected chi connectivity index (χ4v) is 2.41. The second kappa shape index (κ2) is 5.72. The lowest BCUT2D eigenvalue weighted by Crippen LogP contribution is -2.19. The molecule has 6 heteroatoms. The van der Waals surface area contributed by atoms with Crippen LogP contribution >= 0.6 is 0 Å². The predicted octanol–water partition coefficient (Wildman–Crippen LogP) is 2.85. The third-order valence-corrected chi connectivity index (χ3v) is 3.68. The Balaban J connectivity index is 2.26. The molecule has 0 aliphatic carbocycles. The Bertz CT molecular complexity index is 950. The number of fused-ring (bicyclic) bond motifs is 1. The molecule has 0 amide bonds. The number of hydrogen-bond donors (Lipinski definition) is 0. The van der Waals surface area contributed by atoms with E-state index in [2.05, 4.69) is 4.98 Å².